The molecule has 4 rings (SSSR count). The van der Waals surface area contributed by atoms with Crippen LogP contribution in [0.3, 0.4) is 0 Å². The van der Waals surface area contributed by atoms with Gasteiger partial charge in [0.25, 0.3) is 5.91 Å². The van der Waals surface area contributed by atoms with Crippen molar-refractivity contribution in [2.75, 3.05) is 19.0 Å². The fourth-order valence-electron chi connectivity index (χ4n) is 4.10. The van der Waals surface area contributed by atoms with E-state index in [0.717, 1.165) is 25.7 Å². The van der Waals surface area contributed by atoms with Crippen molar-refractivity contribution in [1.29, 1.82) is 0 Å². The fourth-order valence-corrected chi connectivity index (χ4v) is 4.10. The van der Waals surface area contributed by atoms with Crippen LogP contribution in [0.1, 0.15) is 48.2 Å². The van der Waals surface area contributed by atoms with Gasteiger partial charge in [0.1, 0.15) is 5.76 Å². The standard InChI is InChI=1S/C23H28N4O4/c1-30-11-9-27-15-25-20-13-17(26-22(28)16-6-3-2-4-7-16)12-19(21(20)27)23(29)24-14-18-8-5-10-31-18/h5,8,10,12-13,15-16H,2-4,6-7,9,11,14H2,1H3,(H,24,29)(H,26,28). The minimum Gasteiger partial charge on any atom is -0.467 e. The Morgan fingerprint density at radius 3 is 2.84 bits per heavy atom. The van der Waals surface area contributed by atoms with Crippen molar-refractivity contribution in [3.63, 3.8) is 0 Å². The number of hydrogen-bond acceptors (Lipinski definition) is 5. The van der Waals surface area contributed by atoms with Gasteiger partial charge in [0.2, 0.25) is 5.91 Å². The predicted octanol–water partition coefficient (Wildman–Crippen LogP) is 3.72. The van der Waals surface area contributed by atoms with Crippen molar-refractivity contribution in [1.82, 2.24) is 14.9 Å². The first-order valence-corrected chi connectivity index (χ1v) is 10.7. The van der Waals surface area contributed by atoms with Crippen LogP contribution in [-0.4, -0.2) is 35.1 Å². The number of anilines is 1. The molecule has 1 fully saturated rings. The largest absolute Gasteiger partial charge is 0.467 e. The Hall–Kier alpha value is -3.13. The van der Waals surface area contributed by atoms with Gasteiger partial charge in [-0.25, -0.2) is 4.98 Å². The average Bonchev–Trinajstić information content (AvgIpc) is 3.46. The number of carbonyl (C=O) groups excluding carboxylic acids is 2. The number of hydrogen-bond donors (Lipinski definition) is 2. The number of furan rings is 1. The number of nitrogens with zero attached hydrogens (tertiary/aromatic N) is 2. The Morgan fingerprint density at radius 2 is 2.10 bits per heavy atom. The van der Waals surface area contributed by atoms with Crippen molar-refractivity contribution in [3.8, 4) is 0 Å². The molecule has 164 valence electrons. The van der Waals surface area contributed by atoms with Crippen LogP contribution in [-0.2, 0) is 22.6 Å². The number of nitrogens with one attached hydrogen (secondary N) is 2. The molecule has 0 atom stereocenters. The van der Waals surface area contributed by atoms with Gasteiger partial charge in [-0.15, -0.1) is 0 Å². The van der Waals surface area contributed by atoms with Crippen molar-refractivity contribution < 1.29 is 18.7 Å². The normalized spacial score (nSPS) is 14.6. The van der Waals surface area contributed by atoms with Crippen molar-refractivity contribution in [2.45, 2.75) is 45.2 Å². The summed E-state index contributed by atoms with van der Waals surface area (Å²) in [4.78, 5) is 30.3. The van der Waals surface area contributed by atoms with E-state index in [1.165, 1.54) is 6.42 Å². The summed E-state index contributed by atoms with van der Waals surface area (Å²) >= 11 is 0. The second kappa shape index (κ2) is 9.78. The molecular weight excluding hydrogens is 396 g/mol. The summed E-state index contributed by atoms with van der Waals surface area (Å²) in [6.45, 7) is 1.34. The van der Waals surface area contributed by atoms with Crippen LogP contribution < -0.4 is 10.6 Å². The Labute approximate surface area is 181 Å². The molecule has 3 aromatic rings. The van der Waals surface area contributed by atoms with Crippen LogP contribution in [0.5, 0.6) is 0 Å². The van der Waals surface area contributed by atoms with E-state index in [4.69, 9.17) is 9.15 Å². The molecule has 2 amide bonds. The molecule has 1 aliphatic carbocycles. The predicted molar refractivity (Wildman–Crippen MR) is 117 cm³/mol. The van der Waals surface area contributed by atoms with Gasteiger partial charge < -0.3 is 24.4 Å². The second-order valence-electron chi connectivity index (χ2n) is 7.91. The monoisotopic (exact) mass is 424 g/mol. The summed E-state index contributed by atoms with van der Waals surface area (Å²) < 4.78 is 12.4. The third-order valence-electron chi connectivity index (χ3n) is 5.74. The minimum atomic E-state index is -0.255. The van der Waals surface area contributed by atoms with Crippen LogP contribution in [0.4, 0.5) is 5.69 Å². The van der Waals surface area contributed by atoms with Crippen molar-refractivity contribution in [3.05, 3.63) is 48.2 Å². The summed E-state index contributed by atoms with van der Waals surface area (Å²) in [6, 6.07) is 7.13. The molecule has 31 heavy (non-hydrogen) atoms. The van der Waals surface area contributed by atoms with Gasteiger partial charge >= 0.3 is 0 Å². The number of ether oxygens (including phenoxy) is 1. The third kappa shape index (κ3) is 4.96. The zero-order chi connectivity index (χ0) is 21.6. The maximum atomic E-state index is 13.1. The highest BCUT2D eigenvalue weighted by Crippen LogP contribution is 2.27. The van der Waals surface area contributed by atoms with E-state index in [1.807, 2.05) is 10.6 Å². The lowest BCUT2D eigenvalue weighted by atomic mass is 9.88. The van der Waals surface area contributed by atoms with Crippen molar-refractivity contribution in [2.24, 2.45) is 5.92 Å². The van der Waals surface area contributed by atoms with Crippen LogP contribution in [0.2, 0.25) is 0 Å². The SMILES string of the molecule is COCCn1cnc2cc(NC(=O)C3CCCCC3)cc(C(=O)NCc3ccco3)c21. The molecule has 8 nitrogen and oxygen atoms in total. The maximum absolute atomic E-state index is 13.1. The number of methoxy groups -OCH3 is 1. The summed E-state index contributed by atoms with van der Waals surface area (Å²) in [7, 11) is 1.63. The minimum absolute atomic E-state index is 0.0137. The summed E-state index contributed by atoms with van der Waals surface area (Å²) in [6.07, 6.45) is 8.45. The molecule has 0 spiro atoms. The van der Waals surface area contributed by atoms with Crippen LogP contribution in [0, 0.1) is 5.92 Å². The van der Waals surface area contributed by atoms with E-state index >= 15 is 0 Å². The number of carbonyl (C=O) groups is 2. The Kier molecular flexibility index (Phi) is 6.66. The lowest BCUT2D eigenvalue weighted by molar-refractivity contribution is -0.120. The molecule has 8 heteroatoms. The number of benzene rings is 1. The first-order chi connectivity index (χ1) is 15.2. The van der Waals surface area contributed by atoms with E-state index in [0.29, 0.717) is 41.2 Å². The smallest absolute Gasteiger partial charge is 0.253 e. The lowest BCUT2D eigenvalue weighted by Gasteiger charge is -2.21. The molecule has 2 aromatic heterocycles. The number of aromatic nitrogens is 2. The van der Waals surface area contributed by atoms with Gasteiger partial charge in [0.15, 0.2) is 0 Å². The number of imidazole rings is 1. The summed E-state index contributed by atoms with van der Waals surface area (Å²) in [5.41, 5.74) is 2.41. The number of rotatable bonds is 8. The van der Waals surface area contributed by atoms with E-state index < -0.39 is 0 Å². The molecule has 0 bridgehead atoms. The van der Waals surface area contributed by atoms with Gasteiger partial charge in [-0.3, -0.25) is 9.59 Å². The topological polar surface area (TPSA) is 98.4 Å². The van der Waals surface area contributed by atoms with E-state index in [-0.39, 0.29) is 24.3 Å². The fraction of sp³-hybridized carbons (Fsp3) is 0.435. The highest BCUT2D eigenvalue weighted by atomic mass is 16.5. The summed E-state index contributed by atoms with van der Waals surface area (Å²) in [5.74, 6) is 0.452. The maximum Gasteiger partial charge on any atom is 0.253 e. The van der Waals surface area contributed by atoms with Crippen LogP contribution >= 0.6 is 0 Å². The molecule has 1 saturated carbocycles. The van der Waals surface area contributed by atoms with E-state index in [2.05, 4.69) is 15.6 Å². The number of fused-ring (bicyclic) bond motifs is 1. The summed E-state index contributed by atoms with van der Waals surface area (Å²) in [5, 5.41) is 5.90. The highest BCUT2D eigenvalue weighted by molar-refractivity contribution is 6.07. The highest BCUT2D eigenvalue weighted by Gasteiger charge is 2.23. The molecule has 2 N–H and O–H groups in total. The quantitative estimate of drug-likeness (QED) is 0.574. The Bertz CT molecular complexity index is 1040. The zero-order valence-electron chi connectivity index (χ0n) is 17.7. The lowest BCUT2D eigenvalue weighted by Crippen LogP contribution is -2.26. The van der Waals surface area contributed by atoms with E-state index in [9.17, 15) is 9.59 Å². The average molecular weight is 425 g/mol. The Morgan fingerprint density at radius 1 is 1.26 bits per heavy atom. The van der Waals surface area contributed by atoms with Gasteiger partial charge in [0.05, 0.1) is 42.3 Å². The van der Waals surface area contributed by atoms with Gasteiger partial charge in [-0.1, -0.05) is 19.3 Å². The van der Waals surface area contributed by atoms with E-state index in [1.54, 1.807) is 37.9 Å². The molecular formula is C23H28N4O4. The second-order valence-corrected chi connectivity index (χ2v) is 7.91. The van der Waals surface area contributed by atoms with Crippen molar-refractivity contribution >= 4 is 28.5 Å². The molecule has 1 aliphatic rings. The van der Waals surface area contributed by atoms with Gasteiger partial charge in [-0.05, 0) is 37.1 Å². The molecule has 2 heterocycles. The van der Waals surface area contributed by atoms with Gasteiger partial charge in [-0.2, -0.15) is 0 Å². The first kappa shape index (κ1) is 21.1. The molecule has 0 saturated heterocycles. The molecule has 0 aliphatic heterocycles. The molecule has 0 unspecified atom stereocenters. The van der Waals surface area contributed by atoms with Crippen LogP contribution in [0.15, 0.2) is 41.3 Å². The third-order valence-corrected chi connectivity index (χ3v) is 5.74. The van der Waals surface area contributed by atoms with Gasteiger partial charge in [0, 0.05) is 25.3 Å². The van der Waals surface area contributed by atoms with Crippen LogP contribution in [0.25, 0.3) is 11.0 Å². The molecule has 1 aromatic carbocycles. The molecule has 0 radical (unpaired) electrons. The zero-order valence-corrected chi connectivity index (χ0v) is 17.7. The first-order valence-electron chi connectivity index (χ1n) is 10.7. The number of amides is 2. The Balaban J connectivity index is 1.61.